The molecule has 0 saturated carbocycles. The second-order valence-corrected chi connectivity index (χ2v) is 6.72. The molecule has 2 aliphatic heterocycles. The fourth-order valence-electron chi connectivity index (χ4n) is 3.63. The van der Waals surface area contributed by atoms with Gasteiger partial charge < -0.3 is 9.67 Å². The molecule has 116 valence electrons. The summed E-state index contributed by atoms with van der Waals surface area (Å²) in [6.07, 6.45) is 4.11. The lowest BCUT2D eigenvalue weighted by molar-refractivity contribution is -0.151. The fourth-order valence-corrected chi connectivity index (χ4v) is 3.63. The molecule has 0 spiro atoms. The summed E-state index contributed by atoms with van der Waals surface area (Å²) in [5.74, 6) is 1.56. The van der Waals surface area contributed by atoms with Crippen molar-refractivity contribution in [1.82, 2.24) is 19.7 Å². The van der Waals surface area contributed by atoms with Crippen LogP contribution in [0.2, 0.25) is 0 Å². The molecule has 1 N–H and O–H groups in total. The zero-order valence-corrected chi connectivity index (χ0v) is 12.9. The minimum absolute atomic E-state index is 0.146. The van der Waals surface area contributed by atoms with Gasteiger partial charge in [0.05, 0.1) is 12.0 Å². The first-order valence-corrected chi connectivity index (χ1v) is 7.89. The van der Waals surface area contributed by atoms with Gasteiger partial charge in [-0.05, 0) is 31.7 Å². The van der Waals surface area contributed by atoms with Gasteiger partial charge in [0.25, 0.3) is 0 Å². The maximum Gasteiger partial charge on any atom is 0.311 e. The normalized spacial score (nSPS) is 26.2. The largest absolute Gasteiger partial charge is 0.481 e. The summed E-state index contributed by atoms with van der Waals surface area (Å²) >= 11 is 0. The van der Waals surface area contributed by atoms with Crippen molar-refractivity contribution < 1.29 is 9.90 Å². The second kappa shape index (κ2) is 5.40. The average molecular weight is 292 g/mol. The van der Waals surface area contributed by atoms with Crippen LogP contribution >= 0.6 is 0 Å². The van der Waals surface area contributed by atoms with Crippen LogP contribution in [0, 0.1) is 11.3 Å². The molecule has 0 aromatic carbocycles. The number of rotatable bonds is 4. The number of hydrogen-bond acceptors (Lipinski definition) is 4. The molecule has 6 nitrogen and oxygen atoms in total. The molecule has 6 heteroatoms. The lowest BCUT2D eigenvalue weighted by Crippen LogP contribution is -2.39. The van der Waals surface area contributed by atoms with E-state index in [1.54, 1.807) is 0 Å². The zero-order valence-electron chi connectivity index (χ0n) is 12.9. The van der Waals surface area contributed by atoms with Crippen LogP contribution in [0.15, 0.2) is 0 Å². The number of nitrogens with zero attached hydrogens (tertiary/aromatic N) is 4. The number of aliphatic carboxylic acids is 1. The monoisotopic (exact) mass is 292 g/mol. The number of likely N-dealkylation sites (tertiary alicyclic amines) is 1. The van der Waals surface area contributed by atoms with Crippen LogP contribution in [0.3, 0.4) is 0 Å². The van der Waals surface area contributed by atoms with Crippen LogP contribution in [0.5, 0.6) is 0 Å². The predicted octanol–water partition coefficient (Wildman–Crippen LogP) is 1.55. The van der Waals surface area contributed by atoms with Gasteiger partial charge >= 0.3 is 5.97 Å². The predicted molar refractivity (Wildman–Crippen MR) is 77.8 cm³/mol. The van der Waals surface area contributed by atoms with Gasteiger partial charge in [-0.25, -0.2) is 0 Å². The van der Waals surface area contributed by atoms with Crippen LogP contribution in [-0.4, -0.2) is 43.8 Å². The van der Waals surface area contributed by atoms with Gasteiger partial charge in [0.15, 0.2) is 0 Å². The van der Waals surface area contributed by atoms with E-state index >= 15 is 0 Å². The molecule has 1 aromatic rings. The third kappa shape index (κ3) is 2.46. The number of fused-ring (bicyclic) bond motifs is 1. The molecule has 1 saturated heterocycles. The lowest BCUT2D eigenvalue weighted by Gasteiger charge is -2.28. The van der Waals surface area contributed by atoms with Gasteiger partial charge in [0.1, 0.15) is 11.6 Å². The van der Waals surface area contributed by atoms with Crippen LogP contribution in [0.4, 0.5) is 0 Å². The Labute approximate surface area is 125 Å². The van der Waals surface area contributed by atoms with Crippen molar-refractivity contribution in [3.05, 3.63) is 11.6 Å². The van der Waals surface area contributed by atoms with E-state index in [1.807, 2.05) is 13.8 Å². The van der Waals surface area contributed by atoms with Gasteiger partial charge in [0, 0.05) is 19.5 Å². The van der Waals surface area contributed by atoms with Crippen LogP contribution < -0.4 is 0 Å². The molecule has 21 heavy (non-hydrogen) atoms. The Morgan fingerprint density at radius 3 is 2.81 bits per heavy atom. The molecular formula is C15H24N4O2. The Balaban J connectivity index is 1.73. The van der Waals surface area contributed by atoms with E-state index in [1.165, 1.54) is 12.8 Å². The van der Waals surface area contributed by atoms with E-state index in [9.17, 15) is 9.90 Å². The third-order valence-corrected chi connectivity index (χ3v) is 5.21. The van der Waals surface area contributed by atoms with Crippen molar-refractivity contribution in [1.29, 1.82) is 0 Å². The summed E-state index contributed by atoms with van der Waals surface area (Å²) in [7, 11) is 0. The van der Waals surface area contributed by atoms with Crippen molar-refractivity contribution in [3.8, 4) is 0 Å². The summed E-state index contributed by atoms with van der Waals surface area (Å²) in [5.41, 5.74) is -0.606. The van der Waals surface area contributed by atoms with E-state index in [4.69, 9.17) is 0 Å². The highest BCUT2D eigenvalue weighted by molar-refractivity contribution is 5.75. The minimum atomic E-state index is -0.664. The molecule has 2 aliphatic rings. The molecule has 1 unspecified atom stereocenters. The first-order chi connectivity index (χ1) is 10.0. The van der Waals surface area contributed by atoms with E-state index in [0.717, 1.165) is 44.1 Å². The Bertz CT molecular complexity index is 540. The maximum atomic E-state index is 11.7. The highest BCUT2D eigenvalue weighted by atomic mass is 16.4. The molecular weight excluding hydrogens is 268 g/mol. The average Bonchev–Trinajstić information content (AvgIpc) is 3.05. The highest BCUT2D eigenvalue weighted by Crippen LogP contribution is 2.38. The third-order valence-electron chi connectivity index (χ3n) is 5.21. The Morgan fingerprint density at radius 2 is 2.14 bits per heavy atom. The first kappa shape index (κ1) is 14.5. The van der Waals surface area contributed by atoms with Gasteiger partial charge in [0.2, 0.25) is 0 Å². The van der Waals surface area contributed by atoms with Crippen LogP contribution in [0.1, 0.15) is 44.8 Å². The lowest BCUT2D eigenvalue weighted by atomic mass is 9.76. The molecule has 1 atom stereocenters. The summed E-state index contributed by atoms with van der Waals surface area (Å²) < 4.78 is 2.22. The second-order valence-electron chi connectivity index (χ2n) is 6.72. The molecule has 3 rings (SSSR count). The summed E-state index contributed by atoms with van der Waals surface area (Å²) in [6, 6.07) is 0. The number of carboxylic acids is 1. The van der Waals surface area contributed by atoms with E-state index < -0.39 is 11.4 Å². The molecule has 1 fully saturated rings. The van der Waals surface area contributed by atoms with Crippen LogP contribution in [0.25, 0.3) is 0 Å². The van der Waals surface area contributed by atoms with Crippen molar-refractivity contribution in [2.75, 3.05) is 13.1 Å². The van der Waals surface area contributed by atoms with E-state index in [0.29, 0.717) is 6.54 Å². The van der Waals surface area contributed by atoms with Crippen LogP contribution in [-0.2, 0) is 24.3 Å². The minimum Gasteiger partial charge on any atom is -0.481 e. The molecule has 0 amide bonds. The summed E-state index contributed by atoms with van der Waals surface area (Å²) in [4.78, 5) is 13.9. The van der Waals surface area contributed by atoms with Crippen molar-refractivity contribution >= 4 is 5.97 Å². The van der Waals surface area contributed by atoms with Gasteiger partial charge in [-0.1, -0.05) is 13.8 Å². The number of carboxylic acid groups (broad SMARTS) is 1. The van der Waals surface area contributed by atoms with Gasteiger partial charge in [-0.2, -0.15) is 0 Å². The van der Waals surface area contributed by atoms with Gasteiger partial charge in [-0.3, -0.25) is 9.69 Å². The Kier molecular flexibility index (Phi) is 3.73. The maximum absolute atomic E-state index is 11.7. The summed E-state index contributed by atoms with van der Waals surface area (Å²) in [6.45, 7) is 7.18. The van der Waals surface area contributed by atoms with Crippen molar-refractivity contribution in [2.45, 2.75) is 52.6 Å². The van der Waals surface area contributed by atoms with Crippen molar-refractivity contribution in [3.63, 3.8) is 0 Å². The molecule has 3 heterocycles. The molecule has 1 aromatic heterocycles. The number of hydrogen-bond donors (Lipinski definition) is 1. The number of aromatic nitrogens is 3. The zero-order chi connectivity index (χ0) is 15.0. The molecule has 0 aliphatic carbocycles. The molecule has 0 bridgehead atoms. The smallest absolute Gasteiger partial charge is 0.311 e. The van der Waals surface area contributed by atoms with Crippen molar-refractivity contribution in [2.24, 2.45) is 11.3 Å². The summed E-state index contributed by atoms with van der Waals surface area (Å²) in [5, 5.41) is 18.2. The number of carbonyl (C=O) groups is 1. The van der Waals surface area contributed by atoms with E-state index in [2.05, 4.69) is 19.7 Å². The standard InChI is InChI=1S/C15H24N4O2/c1-11(2)15(14(20)21)6-8-18(10-15)9-13-17-16-12-5-3-4-7-19(12)13/h11H,3-10H2,1-2H3,(H,20,21). The fraction of sp³-hybridized carbons (Fsp3) is 0.800. The Hall–Kier alpha value is -1.43. The quantitative estimate of drug-likeness (QED) is 0.911. The topological polar surface area (TPSA) is 71.2 Å². The number of aryl methyl sites for hydroxylation is 1. The van der Waals surface area contributed by atoms with E-state index in [-0.39, 0.29) is 5.92 Å². The SMILES string of the molecule is CC(C)C1(C(=O)O)CCN(Cc2nnc3n2CCCC3)C1. The first-order valence-electron chi connectivity index (χ1n) is 7.89. The molecule has 0 radical (unpaired) electrons. The van der Waals surface area contributed by atoms with Gasteiger partial charge in [-0.15, -0.1) is 10.2 Å². The highest BCUT2D eigenvalue weighted by Gasteiger charge is 2.47. The Morgan fingerprint density at radius 1 is 1.33 bits per heavy atom.